The van der Waals surface area contributed by atoms with Crippen molar-refractivity contribution in [3.8, 4) is 5.75 Å². The molecule has 0 saturated heterocycles. The van der Waals surface area contributed by atoms with E-state index in [0.29, 0.717) is 22.2 Å². The molecule has 0 bridgehead atoms. The SMILES string of the molecule is Cc1ccnc(NS(=O)(=O)c2ccc(NC(=O)COc3ccccc3Cl)cc2)n1. The number of benzene rings is 2. The van der Waals surface area contributed by atoms with Gasteiger partial charge in [-0.3, -0.25) is 4.79 Å². The minimum atomic E-state index is -3.85. The van der Waals surface area contributed by atoms with Crippen molar-refractivity contribution in [3.05, 3.63) is 71.5 Å². The van der Waals surface area contributed by atoms with E-state index >= 15 is 0 Å². The quantitative estimate of drug-likeness (QED) is 0.593. The molecule has 0 spiro atoms. The molecule has 0 aliphatic carbocycles. The number of amides is 1. The maximum atomic E-state index is 12.4. The monoisotopic (exact) mass is 432 g/mol. The van der Waals surface area contributed by atoms with Crippen LogP contribution in [0.15, 0.2) is 65.7 Å². The number of aromatic nitrogens is 2. The standard InChI is InChI=1S/C19H17ClN4O4S/c1-13-10-11-21-19(22-13)24-29(26,27)15-8-6-14(7-9-15)23-18(25)12-28-17-5-3-2-4-16(17)20/h2-11H,12H2,1H3,(H,23,25)(H,21,22,24). The van der Waals surface area contributed by atoms with Crippen molar-refractivity contribution >= 4 is 39.2 Å². The Morgan fingerprint density at radius 2 is 1.83 bits per heavy atom. The van der Waals surface area contributed by atoms with Gasteiger partial charge in [0, 0.05) is 17.6 Å². The summed E-state index contributed by atoms with van der Waals surface area (Å²) < 4.78 is 32.5. The molecular formula is C19H17ClN4O4S. The van der Waals surface area contributed by atoms with Crippen LogP contribution in [0.1, 0.15) is 5.69 Å². The lowest BCUT2D eigenvalue weighted by Crippen LogP contribution is -2.20. The third-order valence-electron chi connectivity index (χ3n) is 3.66. The minimum absolute atomic E-state index is 0.00734. The predicted octanol–water partition coefficient (Wildman–Crippen LogP) is 3.26. The fourth-order valence-corrected chi connectivity index (χ4v) is 3.44. The van der Waals surface area contributed by atoms with Crippen molar-refractivity contribution in [2.75, 3.05) is 16.6 Å². The van der Waals surface area contributed by atoms with Crippen molar-refractivity contribution in [2.24, 2.45) is 0 Å². The van der Waals surface area contributed by atoms with Crippen LogP contribution in [0.3, 0.4) is 0 Å². The summed E-state index contributed by atoms with van der Waals surface area (Å²) in [5.74, 6) is -0.0267. The molecule has 0 aliphatic heterocycles. The van der Waals surface area contributed by atoms with Crippen molar-refractivity contribution in [1.82, 2.24) is 9.97 Å². The lowest BCUT2D eigenvalue weighted by molar-refractivity contribution is -0.118. The van der Waals surface area contributed by atoms with Crippen LogP contribution < -0.4 is 14.8 Å². The summed E-state index contributed by atoms with van der Waals surface area (Å²) in [5.41, 5.74) is 1.05. The van der Waals surface area contributed by atoms with Gasteiger partial charge in [0.25, 0.3) is 15.9 Å². The fraction of sp³-hybridized carbons (Fsp3) is 0.105. The Kier molecular flexibility index (Phi) is 6.30. The Labute approximate surface area is 173 Å². The lowest BCUT2D eigenvalue weighted by Gasteiger charge is -2.10. The zero-order valence-corrected chi connectivity index (χ0v) is 16.9. The van der Waals surface area contributed by atoms with Gasteiger partial charge in [-0.1, -0.05) is 23.7 Å². The summed E-state index contributed by atoms with van der Waals surface area (Å²) in [5, 5.41) is 3.02. The Balaban J connectivity index is 1.60. The van der Waals surface area contributed by atoms with Crippen LogP contribution >= 0.6 is 11.6 Å². The van der Waals surface area contributed by atoms with Gasteiger partial charge >= 0.3 is 0 Å². The molecule has 10 heteroatoms. The number of rotatable bonds is 7. The van der Waals surface area contributed by atoms with Crippen LogP contribution in [0.4, 0.5) is 11.6 Å². The molecule has 1 aromatic heterocycles. The smallest absolute Gasteiger partial charge is 0.264 e. The number of nitrogens with one attached hydrogen (secondary N) is 2. The molecule has 29 heavy (non-hydrogen) atoms. The summed E-state index contributed by atoms with van der Waals surface area (Å²) >= 11 is 5.97. The fourth-order valence-electron chi connectivity index (χ4n) is 2.30. The molecule has 0 saturated carbocycles. The maximum absolute atomic E-state index is 12.4. The van der Waals surface area contributed by atoms with Crippen molar-refractivity contribution in [3.63, 3.8) is 0 Å². The Hall–Kier alpha value is -3.17. The first-order valence-corrected chi connectivity index (χ1v) is 10.3. The number of hydrogen-bond acceptors (Lipinski definition) is 6. The van der Waals surface area contributed by atoms with E-state index in [0.717, 1.165) is 0 Å². The molecule has 3 rings (SSSR count). The van der Waals surface area contributed by atoms with Crippen LogP contribution in [-0.2, 0) is 14.8 Å². The highest BCUT2D eigenvalue weighted by molar-refractivity contribution is 7.92. The number of carbonyl (C=O) groups excluding carboxylic acids is 1. The average molecular weight is 433 g/mol. The number of anilines is 2. The molecule has 0 aliphatic rings. The number of sulfonamides is 1. The van der Waals surface area contributed by atoms with E-state index in [1.165, 1.54) is 30.5 Å². The average Bonchev–Trinajstić information content (AvgIpc) is 2.67. The van der Waals surface area contributed by atoms with Crippen LogP contribution in [0.25, 0.3) is 0 Å². The number of ether oxygens (including phenoxy) is 1. The molecule has 0 radical (unpaired) electrons. The maximum Gasteiger partial charge on any atom is 0.264 e. The normalized spacial score (nSPS) is 11.0. The molecule has 2 aromatic carbocycles. The van der Waals surface area contributed by atoms with E-state index < -0.39 is 15.9 Å². The summed E-state index contributed by atoms with van der Waals surface area (Å²) in [6.07, 6.45) is 1.46. The third-order valence-corrected chi connectivity index (χ3v) is 5.32. The highest BCUT2D eigenvalue weighted by atomic mass is 35.5. The van der Waals surface area contributed by atoms with Crippen LogP contribution in [0, 0.1) is 6.92 Å². The van der Waals surface area contributed by atoms with Gasteiger partial charge in [-0.15, -0.1) is 0 Å². The van der Waals surface area contributed by atoms with E-state index in [1.807, 2.05) is 0 Å². The zero-order chi connectivity index (χ0) is 20.9. The Morgan fingerprint density at radius 3 is 2.52 bits per heavy atom. The zero-order valence-electron chi connectivity index (χ0n) is 15.3. The van der Waals surface area contributed by atoms with Gasteiger partial charge < -0.3 is 10.1 Å². The van der Waals surface area contributed by atoms with Crippen molar-refractivity contribution < 1.29 is 17.9 Å². The highest BCUT2D eigenvalue weighted by Crippen LogP contribution is 2.23. The topological polar surface area (TPSA) is 110 Å². The van der Waals surface area contributed by atoms with E-state index in [4.69, 9.17) is 16.3 Å². The summed E-state index contributed by atoms with van der Waals surface area (Å²) in [4.78, 5) is 19.9. The number of nitrogens with zero attached hydrogens (tertiary/aromatic N) is 2. The first kappa shape index (κ1) is 20.6. The summed E-state index contributed by atoms with van der Waals surface area (Å²) in [6.45, 7) is 1.49. The molecule has 1 heterocycles. The van der Waals surface area contributed by atoms with Gasteiger partial charge in [0.1, 0.15) is 5.75 Å². The number of halogens is 1. The van der Waals surface area contributed by atoms with E-state index in [2.05, 4.69) is 20.0 Å². The van der Waals surface area contributed by atoms with E-state index in [1.54, 1.807) is 37.3 Å². The van der Waals surface area contributed by atoms with Crippen LogP contribution in [0.2, 0.25) is 5.02 Å². The number of aryl methyl sites for hydroxylation is 1. The number of hydrogen-bond donors (Lipinski definition) is 2. The number of para-hydroxylation sites is 1. The Morgan fingerprint density at radius 1 is 1.10 bits per heavy atom. The first-order chi connectivity index (χ1) is 13.8. The van der Waals surface area contributed by atoms with Crippen LogP contribution in [-0.4, -0.2) is 30.9 Å². The van der Waals surface area contributed by atoms with Crippen molar-refractivity contribution in [2.45, 2.75) is 11.8 Å². The van der Waals surface area contributed by atoms with Gasteiger partial charge in [0.2, 0.25) is 5.95 Å². The molecule has 2 N–H and O–H groups in total. The second-order valence-electron chi connectivity index (χ2n) is 5.92. The van der Waals surface area contributed by atoms with Gasteiger partial charge in [0.05, 0.1) is 9.92 Å². The van der Waals surface area contributed by atoms with Crippen molar-refractivity contribution in [1.29, 1.82) is 0 Å². The molecule has 3 aromatic rings. The largest absolute Gasteiger partial charge is 0.482 e. The molecular weight excluding hydrogens is 416 g/mol. The minimum Gasteiger partial charge on any atom is -0.482 e. The molecule has 0 fully saturated rings. The summed E-state index contributed by atoms with van der Waals surface area (Å²) in [6, 6.07) is 14.1. The Bertz CT molecular complexity index is 1120. The van der Waals surface area contributed by atoms with E-state index in [-0.39, 0.29) is 17.5 Å². The molecule has 8 nitrogen and oxygen atoms in total. The molecule has 0 unspecified atom stereocenters. The van der Waals surface area contributed by atoms with Gasteiger partial charge in [-0.25, -0.2) is 23.1 Å². The number of carbonyl (C=O) groups is 1. The lowest BCUT2D eigenvalue weighted by atomic mass is 10.3. The predicted molar refractivity (Wildman–Crippen MR) is 110 cm³/mol. The second kappa shape index (κ2) is 8.89. The molecule has 1 amide bonds. The van der Waals surface area contributed by atoms with Crippen LogP contribution in [0.5, 0.6) is 5.75 Å². The van der Waals surface area contributed by atoms with Gasteiger partial charge in [-0.05, 0) is 49.4 Å². The highest BCUT2D eigenvalue weighted by Gasteiger charge is 2.16. The van der Waals surface area contributed by atoms with Gasteiger partial charge in [0.15, 0.2) is 6.61 Å². The van der Waals surface area contributed by atoms with Gasteiger partial charge in [-0.2, -0.15) is 0 Å². The third kappa shape index (κ3) is 5.66. The van der Waals surface area contributed by atoms with E-state index in [9.17, 15) is 13.2 Å². The first-order valence-electron chi connectivity index (χ1n) is 8.43. The molecule has 0 atom stereocenters. The summed E-state index contributed by atoms with van der Waals surface area (Å²) in [7, 11) is -3.85. The second-order valence-corrected chi connectivity index (χ2v) is 8.01. The molecule has 150 valence electrons.